The van der Waals surface area contributed by atoms with Crippen LogP contribution in [-0.4, -0.2) is 29.8 Å². The predicted octanol–water partition coefficient (Wildman–Crippen LogP) is 3.29. The van der Waals surface area contributed by atoms with Crippen molar-refractivity contribution in [2.75, 3.05) is 0 Å². The van der Waals surface area contributed by atoms with Crippen molar-refractivity contribution in [2.24, 2.45) is 5.73 Å². The summed E-state index contributed by atoms with van der Waals surface area (Å²) in [5, 5.41) is 0. The highest BCUT2D eigenvalue weighted by molar-refractivity contribution is 5.74. The van der Waals surface area contributed by atoms with E-state index >= 15 is 0 Å². The summed E-state index contributed by atoms with van der Waals surface area (Å²) in [6.45, 7) is 1.70. The lowest BCUT2D eigenvalue weighted by atomic mass is 9.90. The largest absolute Gasteiger partial charge is 0.341 e. The maximum atomic E-state index is 5.93. The summed E-state index contributed by atoms with van der Waals surface area (Å²) < 4.78 is 0. The molecular formula is C23H25N7. The van der Waals surface area contributed by atoms with E-state index in [1.54, 1.807) is 12.4 Å². The van der Waals surface area contributed by atoms with Crippen LogP contribution in [-0.2, 0) is 26.1 Å². The van der Waals surface area contributed by atoms with Gasteiger partial charge < -0.3 is 10.7 Å². The van der Waals surface area contributed by atoms with E-state index in [0.29, 0.717) is 19.6 Å². The number of aryl methyl sites for hydroxylation is 1. The minimum atomic E-state index is 0.204. The van der Waals surface area contributed by atoms with Crippen LogP contribution in [0.25, 0.3) is 11.0 Å². The molecule has 4 aromatic rings. The highest BCUT2D eigenvalue weighted by Gasteiger charge is 2.29. The molecule has 152 valence electrons. The molecule has 3 heterocycles. The molecule has 1 aromatic carbocycles. The topological polar surface area (TPSA) is 96.6 Å². The first kappa shape index (κ1) is 18.8. The number of pyridine rings is 1. The van der Waals surface area contributed by atoms with Crippen molar-refractivity contribution in [3.63, 3.8) is 0 Å². The molecule has 0 radical (unpaired) electrons. The van der Waals surface area contributed by atoms with Crippen molar-refractivity contribution in [1.29, 1.82) is 0 Å². The third kappa shape index (κ3) is 3.69. The molecule has 0 amide bonds. The summed E-state index contributed by atoms with van der Waals surface area (Å²) in [5.41, 5.74) is 12.2. The number of para-hydroxylation sites is 2. The van der Waals surface area contributed by atoms with Crippen molar-refractivity contribution in [2.45, 2.75) is 44.9 Å². The molecule has 0 saturated heterocycles. The molecule has 0 saturated carbocycles. The minimum absolute atomic E-state index is 0.204. The van der Waals surface area contributed by atoms with Gasteiger partial charge in [-0.3, -0.25) is 19.9 Å². The Balaban J connectivity index is 1.52. The van der Waals surface area contributed by atoms with Gasteiger partial charge in [0.25, 0.3) is 0 Å². The van der Waals surface area contributed by atoms with Gasteiger partial charge in [0.1, 0.15) is 5.82 Å². The molecule has 7 nitrogen and oxygen atoms in total. The number of aromatic amines is 1. The van der Waals surface area contributed by atoms with Crippen molar-refractivity contribution in [3.8, 4) is 0 Å². The van der Waals surface area contributed by atoms with E-state index in [0.717, 1.165) is 53.2 Å². The molecule has 3 N–H and O–H groups in total. The number of nitrogens with zero attached hydrogens (tertiary/aromatic N) is 5. The zero-order valence-corrected chi connectivity index (χ0v) is 16.8. The second-order valence-corrected chi connectivity index (χ2v) is 7.72. The fraction of sp³-hybridized carbons (Fsp3) is 0.304. The number of fused-ring (bicyclic) bond motifs is 2. The number of benzene rings is 1. The van der Waals surface area contributed by atoms with Crippen LogP contribution in [0.4, 0.5) is 0 Å². The van der Waals surface area contributed by atoms with Crippen LogP contribution in [0.3, 0.4) is 0 Å². The highest BCUT2D eigenvalue weighted by Crippen LogP contribution is 2.34. The van der Waals surface area contributed by atoms with Gasteiger partial charge in [0.05, 0.1) is 40.7 Å². The standard InChI is InChI=1S/C23H25N7/c24-13-19-20(26-12-11-25-19)14-30(15-22-28-17-7-1-2-8-18(17)29-22)21-9-3-5-16-6-4-10-27-23(16)21/h1-2,4,6-8,10-12,21H,3,5,9,13-15,24H2,(H,28,29). The molecule has 7 heteroatoms. The third-order valence-corrected chi connectivity index (χ3v) is 5.80. The Kier molecular flexibility index (Phi) is 5.21. The minimum Gasteiger partial charge on any atom is -0.341 e. The average molecular weight is 400 g/mol. The summed E-state index contributed by atoms with van der Waals surface area (Å²) in [7, 11) is 0. The van der Waals surface area contributed by atoms with Gasteiger partial charge in [0, 0.05) is 31.7 Å². The van der Waals surface area contributed by atoms with Gasteiger partial charge >= 0.3 is 0 Å². The molecule has 1 atom stereocenters. The summed E-state index contributed by atoms with van der Waals surface area (Å²) in [5.74, 6) is 0.942. The van der Waals surface area contributed by atoms with E-state index in [1.165, 1.54) is 5.56 Å². The summed E-state index contributed by atoms with van der Waals surface area (Å²) in [6, 6.07) is 12.6. The SMILES string of the molecule is NCc1nccnc1CN(Cc1nc2ccccc2[nH]1)C1CCCc2cccnc21. The summed E-state index contributed by atoms with van der Waals surface area (Å²) in [4.78, 5) is 24.5. The van der Waals surface area contributed by atoms with Crippen LogP contribution in [0, 0.1) is 0 Å². The molecular weight excluding hydrogens is 374 g/mol. The van der Waals surface area contributed by atoms with E-state index in [1.807, 2.05) is 30.5 Å². The normalized spacial score (nSPS) is 16.1. The van der Waals surface area contributed by atoms with Crippen LogP contribution in [0.2, 0.25) is 0 Å². The van der Waals surface area contributed by atoms with Crippen LogP contribution >= 0.6 is 0 Å². The van der Waals surface area contributed by atoms with E-state index in [9.17, 15) is 0 Å². The monoisotopic (exact) mass is 399 g/mol. The molecule has 5 rings (SSSR count). The van der Waals surface area contributed by atoms with Gasteiger partial charge in [-0.1, -0.05) is 18.2 Å². The Hall–Kier alpha value is -3.16. The van der Waals surface area contributed by atoms with Crippen molar-refractivity contribution in [1.82, 2.24) is 29.8 Å². The van der Waals surface area contributed by atoms with E-state index < -0.39 is 0 Å². The van der Waals surface area contributed by atoms with Gasteiger partial charge in [-0.05, 0) is 43.0 Å². The second kappa shape index (κ2) is 8.30. The molecule has 30 heavy (non-hydrogen) atoms. The quantitative estimate of drug-likeness (QED) is 0.516. The lowest BCUT2D eigenvalue weighted by Crippen LogP contribution is -2.32. The lowest BCUT2D eigenvalue weighted by Gasteiger charge is -2.34. The zero-order valence-electron chi connectivity index (χ0n) is 16.8. The molecule has 0 spiro atoms. The van der Waals surface area contributed by atoms with E-state index in [4.69, 9.17) is 15.7 Å². The zero-order chi connectivity index (χ0) is 20.3. The van der Waals surface area contributed by atoms with Gasteiger partial charge in [-0.15, -0.1) is 0 Å². The van der Waals surface area contributed by atoms with Crippen LogP contribution in [0.5, 0.6) is 0 Å². The lowest BCUT2D eigenvalue weighted by molar-refractivity contribution is 0.151. The molecule has 1 aliphatic carbocycles. The Morgan fingerprint density at radius 1 is 0.967 bits per heavy atom. The van der Waals surface area contributed by atoms with Gasteiger partial charge in [-0.25, -0.2) is 4.98 Å². The highest BCUT2D eigenvalue weighted by atomic mass is 15.2. The number of aromatic nitrogens is 5. The smallest absolute Gasteiger partial charge is 0.121 e. The molecule has 1 unspecified atom stereocenters. The molecule has 3 aromatic heterocycles. The van der Waals surface area contributed by atoms with Gasteiger partial charge in [0.15, 0.2) is 0 Å². The maximum Gasteiger partial charge on any atom is 0.121 e. The van der Waals surface area contributed by atoms with Crippen LogP contribution in [0.15, 0.2) is 55.0 Å². The molecule has 0 bridgehead atoms. The molecule has 0 aliphatic heterocycles. The van der Waals surface area contributed by atoms with Crippen molar-refractivity contribution < 1.29 is 0 Å². The van der Waals surface area contributed by atoms with Crippen molar-refractivity contribution in [3.05, 3.63) is 83.5 Å². The number of imidazole rings is 1. The predicted molar refractivity (Wildman–Crippen MR) is 115 cm³/mol. The first-order valence-electron chi connectivity index (χ1n) is 10.4. The number of H-pyrrole nitrogens is 1. The van der Waals surface area contributed by atoms with Crippen LogP contribution in [0.1, 0.15) is 47.4 Å². The Bertz CT molecular complexity index is 1120. The van der Waals surface area contributed by atoms with Crippen LogP contribution < -0.4 is 5.73 Å². The average Bonchev–Trinajstić information content (AvgIpc) is 3.21. The Labute approximate surface area is 175 Å². The first-order chi connectivity index (χ1) is 14.8. The second-order valence-electron chi connectivity index (χ2n) is 7.72. The summed E-state index contributed by atoms with van der Waals surface area (Å²) >= 11 is 0. The van der Waals surface area contributed by atoms with Gasteiger partial charge in [-0.2, -0.15) is 0 Å². The first-order valence-corrected chi connectivity index (χ1v) is 10.4. The van der Waals surface area contributed by atoms with Gasteiger partial charge in [0.2, 0.25) is 0 Å². The van der Waals surface area contributed by atoms with E-state index in [2.05, 4.69) is 32.0 Å². The maximum absolute atomic E-state index is 5.93. The number of hydrogen-bond donors (Lipinski definition) is 2. The Morgan fingerprint density at radius 3 is 2.70 bits per heavy atom. The third-order valence-electron chi connectivity index (χ3n) is 5.80. The number of nitrogens with one attached hydrogen (secondary N) is 1. The number of hydrogen-bond acceptors (Lipinski definition) is 6. The summed E-state index contributed by atoms with van der Waals surface area (Å²) in [6.07, 6.45) is 8.61. The fourth-order valence-electron chi connectivity index (χ4n) is 4.38. The van der Waals surface area contributed by atoms with E-state index in [-0.39, 0.29) is 6.04 Å². The molecule has 1 aliphatic rings. The fourth-order valence-corrected chi connectivity index (χ4v) is 4.38. The molecule has 0 fully saturated rings. The number of nitrogens with two attached hydrogens (primary N) is 1. The Morgan fingerprint density at radius 2 is 1.83 bits per heavy atom. The van der Waals surface area contributed by atoms with Crippen molar-refractivity contribution >= 4 is 11.0 Å². The number of rotatable bonds is 6.